The highest BCUT2D eigenvalue weighted by molar-refractivity contribution is 7.53. The van der Waals surface area contributed by atoms with Crippen LogP contribution in [0.4, 0.5) is 11.4 Å². The minimum absolute atomic E-state index is 0.0505. The van der Waals surface area contributed by atoms with E-state index in [1.165, 1.54) is 12.4 Å². The molecule has 0 aliphatic heterocycles. The van der Waals surface area contributed by atoms with Gasteiger partial charge in [0, 0.05) is 17.3 Å². The number of nitrogens with one attached hydrogen (secondary N) is 2. The summed E-state index contributed by atoms with van der Waals surface area (Å²) in [5.74, 6) is 1.44. The predicted molar refractivity (Wildman–Crippen MR) is 247 cm³/mol. The molecule has 2 fully saturated rings. The summed E-state index contributed by atoms with van der Waals surface area (Å²) in [5.41, 5.74) is 1.12. The van der Waals surface area contributed by atoms with Crippen molar-refractivity contribution in [2.75, 3.05) is 50.8 Å². The molecule has 2 aliphatic rings. The Hall–Kier alpha value is -3.72. The Balaban J connectivity index is 0.000000252. The van der Waals surface area contributed by atoms with E-state index in [0.717, 1.165) is 51.4 Å². The van der Waals surface area contributed by atoms with E-state index in [2.05, 4.69) is 20.6 Å². The van der Waals surface area contributed by atoms with Gasteiger partial charge in [0.2, 0.25) is 5.88 Å². The fourth-order valence-corrected chi connectivity index (χ4v) is 9.48. The monoisotopic (exact) mass is 988 g/mol. The minimum Gasteiger partial charge on any atom is -0.493 e. The van der Waals surface area contributed by atoms with Crippen molar-refractivity contribution in [3.63, 3.8) is 0 Å². The first kappa shape index (κ1) is 50.3. The molecule has 4 aromatic rings. The number of halogens is 5. The smallest absolute Gasteiger partial charge is 0.330 e. The lowest BCUT2D eigenvalue weighted by molar-refractivity contribution is 0.101. The standard InChI is InChI=1S/C25H33Cl2N2O7P.C18H17Cl3N2O3/c1-4-34-37(31,35-5-2)14-8-13-33-25-22(27)23(19(26)16-28-25)29-24(30)17-11-12-20(32-3)21(15-17)36-18-9-6-7-10-18;1-25-13-7-6-10(8-14(13)26-11-4-2-3-5-11)18(24)23-16-12(19)9-22-17(21)15(16)20/h11-12,15-16,18H,4-10,13-14H2,1-3H3,(H,28,29,30);6-9,11H,2-5H2,1H3,(H,22,23,24). The van der Waals surface area contributed by atoms with Crippen LogP contribution in [0.1, 0.15) is 92.4 Å². The van der Waals surface area contributed by atoms with Crippen LogP contribution in [0.2, 0.25) is 25.2 Å². The van der Waals surface area contributed by atoms with Gasteiger partial charge in [-0.2, -0.15) is 0 Å². The third-order valence-corrected chi connectivity index (χ3v) is 13.7. The maximum absolute atomic E-state index is 13.1. The van der Waals surface area contributed by atoms with Crippen LogP contribution in [0, 0.1) is 0 Å². The highest BCUT2D eigenvalue weighted by Gasteiger charge is 2.25. The number of aromatic nitrogens is 2. The molecule has 6 rings (SSSR count). The normalized spacial score (nSPS) is 14.1. The number of pyridine rings is 2. The second-order valence-corrected chi connectivity index (χ2v) is 18.4. The van der Waals surface area contributed by atoms with Gasteiger partial charge >= 0.3 is 7.60 Å². The molecule has 20 heteroatoms. The molecule has 342 valence electrons. The van der Waals surface area contributed by atoms with Crippen LogP contribution < -0.4 is 34.3 Å². The number of carbonyl (C=O) groups is 2. The summed E-state index contributed by atoms with van der Waals surface area (Å²) < 4.78 is 51.7. The Labute approximate surface area is 392 Å². The first-order chi connectivity index (χ1) is 30.3. The molecule has 14 nitrogen and oxygen atoms in total. The van der Waals surface area contributed by atoms with Crippen molar-refractivity contribution in [3.05, 3.63) is 85.2 Å². The van der Waals surface area contributed by atoms with Crippen molar-refractivity contribution in [3.8, 4) is 28.9 Å². The van der Waals surface area contributed by atoms with Crippen LogP contribution in [-0.2, 0) is 13.6 Å². The molecule has 0 spiro atoms. The summed E-state index contributed by atoms with van der Waals surface area (Å²) in [6, 6.07) is 9.94. The quantitative estimate of drug-likeness (QED) is 0.0519. The molecule has 0 saturated heterocycles. The van der Waals surface area contributed by atoms with Crippen molar-refractivity contribution in [2.45, 2.75) is 83.8 Å². The third kappa shape index (κ3) is 14.1. The zero-order valence-electron chi connectivity index (χ0n) is 35.3. The van der Waals surface area contributed by atoms with E-state index in [1.807, 2.05) is 0 Å². The minimum atomic E-state index is -3.17. The molecule has 0 bridgehead atoms. The summed E-state index contributed by atoms with van der Waals surface area (Å²) in [6.07, 6.45) is 12.0. The lowest BCUT2D eigenvalue weighted by atomic mass is 10.1. The molecule has 63 heavy (non-hydrogen) atoms. The van der Waals surface area contributed by atoms with E-state index in [9.17, 15) is 14.2 Å². The van der Waals surface area contributed by atoms with Gasteiger partial charge in [0.05, 0.1) is 80.0 Å². The molecule has 2 saturated carbocycles. The van der Waals surface area contributed by atoms with Gasteiger partial charge in [-0.25, -0.2) is 9.97 Å². The van der Waals surface area contributed by atoms with Crippen LogP contribution >= 0.6 is 65.6 Å². The lowest BCUT2D eigenvalue weighted by Crippen LogP contribution is -2.15. The van der Waals surface area contributed by atoms with Crippen LogP contribution in [-0.4, -0.2) is 74.2 Å². The van der Waals surface area contributed by atoms with Crippen molar-refractivity contribution in [2.24, 2.45) is 0 Å². The summed E-state index contributed by atoms with van der Waals surface area (Å²) in [4.78, 5) is 33.6. The van der Waals surface area contributed by atoms with Gasteiger partial charge in [-0.15, -0.1) is 0 Å². The second-order valence-electron chi connectivity index (χ2n) is 14.2. The first-order valence-electron chi connectivity index (χ1n) is 20.5. The molecule has 0 unspecified atom stereocenters. The van der Waals surface area contributed by atoms with Crippen molar-refractivity contribution < 1.29 is 46.9 Å². The van der Waals surface area contributed by atoms with Crippen molar-refractivity contribution >= 4 is 88.8 Å². The Morgan fingerprint density at radius 2 is 1.14 bits per heavy atom. The average Bonchev–Trinajstić information content (AvgIpc) is 4.00. The van der Waals surface area contributed by atoms with Crippen LogP contribution in [0.15, 0.2) is 48.8 Å². The number of hydrogen-bond acceptors (Lipinski definition) is 12. The number of carbonyl (C=O) groups excluding carboxylic acids is 2. The van der Waals surface area contributed by atoms with Gasteiger partial charge in [-0.3, -0.25) is 14.2 Å². The zero-order chi connectivity index (χ0) is 45.5. The highest BCUT2D eigenvalue weighted by Crippen LogP contribution is 2.48. The van der Waals surface area contributed by atoms with Crippen molar-refractivity contribution in [1.82, 2.24) is 9.97 Å². The average molecular weight is 991 g/mol. The first-order valence-corrected chi connectivity index (χ1v) is 24.1. The zero-order valence-corrected chi connectivity index (χ0v) is 40.0. The Kier molecular flexibility index (Phi) is 19.6. The lowest BCUT2D eigenvalue weighted by Gasteiger charge is -2.18. The molecule has 2 amide bonds. The van der Waals surface area contributed by atoms with E-state index >= 15 is 0 Å². The molecule has 2 aromatic heterocycles. The van der Waals surface area contributed by atoms with E-state index in [1.54, 1.807) is 64.5 Å². The van der Waals surface area contributed by atoms with E-state index in [0.29, 0.717) is 40.5 Å². The molecule has 2 aromatic carbocycles. The Morgan fingerprint density at radius 1 is 0.683 bits per heavy atom. The van der Waals surface area contributed by atoms with Gasteiger partial charge in [-0.05, 0) is 108 Å². The molecule has 2 aliphatic carbocycles. The van der Waals surface area contributed by atoms with Gasteiger partial charge in [0.15, 0.2) is 23.0 Å². The Bertz CT molecular complexity index is 2230. The fraction of sp³-hybridized carbons (Fsp3) is 0.442. The van der Waals surface area contributed by atoms with Crippen LogP contribution in [0.3, 0.4) is 0 Å². The highest BCUT2D eigenvalue weighted by atomic mass is 35.5. The van der Waals surface area contributed by atoms with Crippen LogP contribution in [0.25, 0.3) is 0 Å². The van der Waals surface area contributed by atoms with E-state index in [-0.39, 0.29) is 80.7 Å². The van der Waals surface area contributed by atoms with Gasteiger partial charge < -0.3 is 43.4 Å². The summed E-state index contributed by atoms with van der Waals surface area (Å²) in [6.45, 7) is 4.24. The second kappa shape index (κ2) is 24.5. The maximum atomic E-state index is 13.1. The van der Waals surface area contributed by atoms with Crippen molar-refractivity contribution in [1.29, 1.82) is 0 Å². The number of anilines is 2. The van der Waals surface area contributed by atoms with E-state index in [4.69, 9.17) is 90.7 Å². The van der Waals surface area contributed by atoms with Gasteiger partial charge in [-0.1, -0.05) is 58.0 Å². The molecule has 2 heterocycles. The van der Waals surface area contributed by atoms with E-state index < -0.39 is 19.4 Å². The molecular weight excluding hydrogens is 941 g/mol. The maximum Gasteiger partial charge on any atom is 0.330 e. The summed E-state index contributed by atoms with van der Waals surface area (Å²) >= 11 is 30.8. The van der Waals surface area contributed by atoms with Gasteiger partial charge in [0.25, 0.3) is 11.8 Å². The number of hydrogen-bond donors (Lipinski definition) is 2. The number of rotatable bonds is 19. The number of benzene rings is 2. The van der Waals surface area contributed by atoms with Crippen LogP contribution in [0.5, 0.6) is 28.9 Å². The summed E-state index contributed by atoms with van der Waals surface area (Å²) in [7, 11) is -0.0523. The predicted octanol–water partition coefficient (Wildman–Crippen LogP) is 12.6. The SMILES string of the molecule is CCOP(=O)(CCCOc1ncc(Cl)c(NC(=O)c2ccc(OC)c(OC3CCCC3)c2)c1Cl)OCC.COc1ccc(C(=O)Nc2c(Cl)cnc(Cl)c2Cl)cc1OC1CCCC1. The van der Waals surface area contributed by atoms with Gasteiger partial charge in [0.1, 0.15) is 15.2 Å². The third-order valence-electron chi connectivity index (χ3n) is 9.86. The Morgan fingerprint density at radius 3 is 1.60 bits per heavy atom. The molecule has 0 atom stereocenters. The number of methoxy groups -OCH3 is 2. The molecule has 2 N–H and O–H groups in total. The molecular formula is C43H50Cl5N4O10P. The largest absolute Gasteiger partial charge is 0.493 e. The number of amides is 2. The fourth-order valence-electron chi connectivity index (χ4n) is 6.77. The summed E-state index contributed by atoms with van der Waals surface area (Å²) in [5, 5.41) is 5.96. The topological polar surface area (TPSA) is 166 Å². The number of ether oxygens (including phenoxy) is 5. The number of nitrogens with zero attached hydrogens (tertiary/aromatic N) is 2. The molecule has 0 radical (unpaired) electrons.